The molecule has 13 nitrogen and oxygen atoms in total. The molecule has 0 aromatic heterocycles. The molecule has 0 radical (unpaired) electrons. The number of amides is 1. The van der Waals surface area contributed by atoms with Crippen molar-refractivity contribution in [3.05, 3.63) is 0 Å². The Hall–Kier alpha value is -0.700. The molecule has 8 unspecified atom stereocenters. The average molecular weight is 756 g/mol. The molecule has 1 amide bonds. The third kappa shape index (κ3) is 21.7. The minimum atomic E-state index is -5.10. The van der Waals surface area contributed by atoms with E-state index in [1.165, 1.54) is 77.0 Å². The molecule has 51 heavy (non-hydrogen) atoms. The molecule has 1 aliphatic rings. The number of carbonyl (C=O) groups is 1. The number of carbonyl (C=O) groups excluding carboxylic acids is 1. The number of phosphoric acid groups is 1. The van der Waals surface area contributed by atoms with Gasteiger partial charge in [-0.15, -0.1) is 0 Å². The Labute approximate surface area is 307 Å². The summed E-state index contributed by atoms with van der Waals surface area (Å²) in [6.07, 6.45) is 10.4. The van der Waals surface area contributed by atoms with Crippen LogP contribution >= 0.6 is 7.82 Å². The number of rotatable bonds is 32. The maximum atomic E-state index is 12.9. The highest BCUT2D eigenvalue weighted by Crippen LogP contribution is 2.47. The molecule has 8 atom stereocenters. The van der Waals surface area contributed by atoms with Crippen molar-refractivity contribution < 1.29 is 59.0 Å². The Morgan fingerprint density at radius 3 is 1.41 bits per heavy atom. The first-order valence-electron chi connectivity index (χ1n) is 20.1. The summed E-state index contributed by atoms with van der Waals surface area (Å²) in [5.74, 6) is -0.562. The minimum Gasteiger partial charge on any atom is -0.393 e. The number of aliphatic hydroxyl groups is 7. The number of nitrogens with one attached hydrogen (secondary N) is 1. The third-order valence-electron chi connectivity index (χ3n) is 9.97. The fraction of sp³-hybridized carbons (Fsp3) is 0.973. The zero-order valence-corrected chi connectivity index (χ0v) is 32.4. The summed E-state index contributed by atoms with van der Waals surface area (Å²) in [6.45, 7) is 3.72. The second-order valence-electron chi connectivity index (χ2n) is 14.7. The molecular weight excluding hydrogens is 681 g/mol. The Kier molecular flexibility index (Phi) is 27.2. The monoisotopic (exact) mass is 755 g/mol. The van der Waals surface area contributed by atoms with Gasteiger partial charge in [-0.05, 0) is 12.8 Å². The smallest absolute Gasteiger partial charge is 0.393 e. The van der Waals surface area contributed by atoms with Gasteiger partial charge >= 0.3 is 7.82 Å². The van der Waals surface area contributed by atoms with Crippen molar-refractivity contribution in [2.24, 2.45) is 0 Å². The molecule has 0 aromatic rings. The summed E-state index contributed by atoms with van der Waals surface area (Å²) >= 11 is 0. The summed E-state index contributed by atoms with van der Waals surface area (Å²) in [6, 6.07) is -1.14. The molecule has 0 saturated heterocycles. The first-order chi connectivity index (χ1) is 24.3. The molecule has 9 N–H and O–H groups in total. The van der Waals surface area contributed by atoms with Crippen LogP contribution in [0.1, 0.15) is 168 Å². The van der Waals surface area contributed by atoms with Crippen LogP contribution in [0.5, 0.6) is 0 Å². The molecule has 1 rings (SSSR count). The van der Waals surface area contributed by atoms with Gasteiger partial charge in [0.15, 0.2) is 0 Å². The van der Waals surface area contributed by atoms with E-state index < -0.39 is 75.2 Å². The molecule has 1 aliphatic carbocycles. The fourth-order valence-electron chi connectivity index (χ4n) is 6.60. The van der Waals surface area contributed by atoms with Gasteiger partial charge in [0.2, 0.25) is 5.91 Å². The van der Waals surface area contributed by atoms with E-state index in [-0.39, 0.29) is 12.8 Å². The normalized spacial score (nSPS) is 25.3. The van der Waals surface area contributed by atoms with Gasteiger partial charge in [0.25, 0.3) is 0 Å². The van der Waals surface area contributed by atoms with Crippen molar-refractivity contribution in [2.75, 3.05) is 6.61 Å². The second kappa shape index (κ2) is 28.7. The lowest BCUT2D eigenvalue weighted by Crippen LogP contribution is -2.64. The number of aliphatic hydroxyl groups excluding tert-OH is 7. The van der Waals surface area contributed by atoms with Gasteiger partial charge in [0, 0.05) is 0 Å². The zero-order chi connectivity index (χ0) is 38.1. The molecule has 1 fully saturated rings. The predicted octanol–water partition coefficient (Wildman–Crippen LogP) is 4.92. The highest BCUT2D eigenvalue weighted by Gasteiger charge is 2.51. The third-order valence-corrected chi connectivity index (χ3v) is 11.0. The van der Waals surface area contributed by atoms with Crippen LogP contribution in [-0.2, 0) is 18.4 Å². The topological polar surface area (TPSA) is 226 Å². The number of hydrogen-bond donors (Lipinski definition) is 9. The largest absolute Gasteiger partial charge is 0.472 e. The van der Waals surface area contributed by atoms with Gasteiger partial charge in [-0.3, -0.25) is 13.8 Å². The van der Waals surface area contributed by atoms with Crippen molar-refractivity contribution in [3.63, 3.8) is 0 Å². The number of phosphoric ester groups is 1. The van der Waals surface area contributed by atoms with Crippen molar-refractivity contribution in [1.82, 2.24) is 5.32 Å². The van der Waals surface area contributed by atoms with E-state index in [1.807, 2.05) is 0 Å². The Balaban J connectivity index is 2.59. The molecule has 14 heteroatoms. The van der Waals surface area contributed by atoms with E-state index in [2.05, 4.69) is 19.2 Å². The predicted molar refractivity (Wildman–Crippen MR) is 197 cm³/mol. The molecule has 0 aromatic carbocycles. The van der Waals surface area contributed by atoms with Crippen molar-refractivity contribution in [3.8, 4) is 0 Å². The first-order valence-corrected chi connectivity index (χ1v) is 21.6. The van der Waals surface area contributed by atoms with Gasteiger partial charge in [-0.2, -0.15) is 0 Å². The summed E-state index contributed by atoms with van der Waals surface area (Å²) in [4.78, 5) is 23.3. The Morgan fingerprint density at radius 1 is 0.608 bits per heavy atom. The average Bonchev–Trinajstić information content (AvgIpc) is 3.09. The lowest BCUT2D eigenvalue weighted by molar-refractivity contribution is -0.220. The van der Waals surface area contributed by atoms with Gasteiger partial charge < -0.3 is 46.0 Å². The maximum absolute atomic E-state index is 12.9. The zero-order valence-electron chi connectivity index (χ0n) is 31.5. The quantitative estimate of drug-likeness (QED) is 0.0330. The Bertz CT molecular complexity index is 901. The summed E-state index contributed by atoms with van der Waals surface area (Å²) in [5.41, 5.74) is 0. The van der Waals surface area contributed by atoms with E-state index in [9.17, 15) is 50.0 Å². The van der Waals surface area contributed by atoms with Gasteiger partial charge in [0.1, 0.15) is 36.6 Å². The van der Waals surface area contributed by atoms with E-state index >= 15 is 0 Å². The first kappa shape index (κ1) is 48.3. The van der Waals surface area contributed by atoms with E-state index in [1.54, 1.807) is 0 Å². The van der Waals surface area contributed by atoms with E-state index in [0.29, 0.717) is 12.8 Å². The Morgan fingerprint density at radius 2 is 0.980 bits per heavy atom. The molecule has 304 valence electrons. The SMILES string of the molecule is CCCCCCCCCCCCCCC(O)CC(=O)NC(COP(=O)(O)OC1C(O)C(O)C(O)C(O)C1O)C(O)CCCCCCCCCCC. The molecule has 0 bridgehead atoms. The molecule has 0 spiro atoms. The van der Waals surface area contributed by atoms with Gasteiger partial charge in [0.05, 0.1) is 31.3 Å². The van der Waals surface area contributed by atoms with Crippen LogP contribution in [0.25, 0.3) is 0 Å². The summed E-state index contributed by atoms with van der Waals surface area (Å²) in [7, 11) is -5.10. The molecular formula is C37H74NO12P. The van der Waals surface area contributed by atoms with Crippen LogP contribution in [0.2, 0.25) is 0 Å². The van der Waals surface area contributed by atoms with Crippen LogP contribution in [0.3, 0.4) is 0 Å². The number of hydrogen-bond acceptors (Lipinski definition) is 11. The van der Waals surface area contributed by atoms with Crippen molar-refractivity contribution >= 4 is 13.7 Å². The number of unbranched alkanes of at least 4 members (excludes halogenated alkanes) is 19. The second-order valence-corrected chi connectivity index (χ2v) is 16.1. The van der Waals surface area contributed by atoms with Crippen molar-refractivity contribution in [1.29, 1.82) is 0 Å². The van der Waals surface area contributed by atoms with Gasteiger partial charge in [-0.25, -0.2) is 4.57 Å². The molecule has 0 aliphatic heterocycles. The summed E-state index contributed by atoms with van der Waals surface area (Å²) in [5, 5.41) is 74.1. The standard InChI is InChI=1S/C37H74NO12P/c1-3-5-7-9-11-13-14-15-17-18-20-22-24-28(39)26-31(41)38-29(30(40)25-23-21-19-16-12-10-8-6-4-2)27-49-51(47,48)50-37-35(45)33(43)32(42)34(44)36(37)46/h28-30,32-37,39-40,42-46H,3-27H2,1-2H3,(H,38,41)(H,47,48). The fourth-order valence-corrected chi connectivity index (χ4v) is 7.56. The minimum absolute atomic E-state index is 0.217. The highest BCUT2D eigenvalue weighted by molar-refractivity contribution is 7.47. The van der Waals surface area contributed by atoms with Gasteiger partial charge in [-0.1, -0.05) is 149 Å². The van der Waals surface area contributed by atoms with Crippen LogP contribution in [0, 0.1) is 0 Å². The molecule has 1 saturated carbocycles. The lowest BCUT2D eigenvalue weighted by atomic mass is 9.85. The maximum Gasteiger partial charge on any atom is 0.472 e. The van der Waals surface area contributed by atoms with Crippen LogP contribution in [0.15, 0.2) is 0 Å². The highest BCUT2D eigenvalue weighted by atomic mass is 31.2. The van der Waals surface area contributed by atoms with Crippen molar-refractivity contribution in [2.45, 2.75) is 223 Å². The van der Waals surface area contributed by atoms with Crippen LogP contribution in [-0.4, -0.2) is 108 Å². The molecule has 0 heterocycles. The summed E-state index contributed by atoms with van der Waals surface area (Å²) < 4.78 is 22.8. The lowest BCUT2D eigenvalue weighted by Gasteiger charge is -2.41. The van der Waals surface area contributed by atoms with E-state index in [4.69, 9.17) is 9.05 Å². The van der Waals surface area contributed by atoms with E-state index in [0.717, 1.165) is 51.4 Å². The van der Waals surface area contributed by atoms with Crippen LogP contribution in [0.4, 0.5) is 0 Å². The van der Waals surface area contributed by atoms with Crippen LogP contribution < -0.4 is 5.32 Å².